The molecule has 0 unspecified atom stereocenters. The SMILES string of the molecule is CCC(C)(C)NC(=O)c1cc2n(n1)C[C@@H](Oc1ccncc1)C2. The Kier molecular flexibility index (Phi) is 4.07. The molecular weight excluding hydrogens is 292 g/mol. The molecule has 0 fully saturated rings. The maximum atomic E-state index is 12.3. The first-order chi connectivity index (χ1) is 11.0. The van der Waals surface area contributed by atoms with Crippen molar-refractivity contribution in [2.75, 3.05) is 0 Å². The van der Waals surface area contributed by atoms with E-state index in [9.17, 15) is 4.79 Å². The average Bonchev–Trinajstić information content (AvgIpc) is 3.06. The van der Waals surface area contributed by atoms with Gasteiger partial charge in [-0.25, -0.2) is 0 Å². The predicted molar refractivity (Wildman–Crippen MR) is 86.4 cm³/mol. The zero-order valence-corrected chi connectivity index (χ0v) is 13.7. The molecule has 122 valence electrons. The van der Waals surface area contributed by atoms with Crippen LogP contribution < -0.4 is 10.1 Å². The lowest BCUT2D eigenvalue weighted by atomic mass is 10.0. The Morgan fingerprint density at radius 3 is 2.83 bits per heavy atom. The number of pyridine rings is 1. The number of aromatic nitrogens is 3. The van der Waals surface area contributed by atoms with E-state index < -0.39 is 0 Å². The topological polar surface area (TPSA) is 69.0 Å². The smallest absolute Gasteiger partial charge is 0.272 e. The van der Waals surface area contributed by atoms with Gasteiger partial charge in [-0.15, -0.1) is 0 Å². The second kappa shape index (κ2) is 6.02. The van der Waals surface area contributed by atoms with Crippen molar-refractivity contribution in [1.29, 1.82) is 0 Å². The van der Waals surface area contributed by atoms with Crippen molar-refractivity contribution in [2.45, 2.75) is 51.8 Å². The minimum atomic E-state index is -0.224. The number of carbonyl (C=O) groups is 1. The molecule has 0 spiro atoms. The van der Waals surface area contributed by atoms with Gasteiger partial charge in [0, 0.05) is 30.0 Å². The summed E-state index contributed by atoms with van der Waals surface area (Å²) >= 11 is 0. The summed E-state index contributed by atoms with van der Waals surface area (Å²) in [6.07, 6.45) is 5.08. The van der Waals surface area contributed by atoms with Crippen LogP contribution >= 0.6 is 0 Å². The molecule has 0 aliphatic carbocycles. The van der Waals surface area contributed by atoms with Crippen LogP contribution in [0.15, 0.2) is 30.6 Å². The molecule has 6 nitrogen and oxygen atoms in total. The van der Waals surface area contributed by atoms with E-state index in [0.717, 1.165) is 24.3 Å². The number of nitrogens with zero attached hydrogens (tertiary/aromatic N) is 3. The molecule has 2 aromatic heterocycles. The van der Waals surface area contributed by atoms with E-state index in [1.165, 1.54) is 0 Å². The maximum absolute atomic E-state index is 12.3. The summed E-state index contributed by atoms with van der Waals surface area (Å²) < 4.78 is 7.77. The Balaban J connectivity index is 1.63. The van der Waals surface area contributed by atoms with E-state index in [2.05, 4.69) is 22.3 Å². The van der Waals surface area contributed by atoms with Crippen molar-refractivity contribution < 1.29 is 9.53 Å². The molecule has 3 heterocycles. The number of ether oxygens (including phenoxy) is 1. The van der Waals surface area contributed by atoms with Crippen molar-refractivity contribution in [2.24, 2.45) is 0 Å². The van der Waals surface area contributed by atoms with Gasteiger partial charge in [0.05, 0.1) is 6.54 Å². The van der Waals surface area contributed by atoms with Gasteiger partial charge in [-0.2, -0.15) is 5.10 Å². The minimum Gasteiger partial charge on any atom is -0.488 e. The van der Waals surface area contributed by atoms with Crippen molar-refractivity contribution >= 4 is 5.91 Å². The number of hydrogen-bond acceptors (Lipinski definition) is 4. The third-order valence-electron chi connectivity index (χ3n) is 4.20. The molecule has 1 N–H and O–H groups in total. The Morgan fingerprint density at radius 1 is 1.43 bits per heavy atom. The molecule has 2 aromatic rings. The lowest BCUT2D eigenvalue weighted by molar-refractivity contribution is 0.0904. The highest BCUT2D eigenvalue weighted by Crippen LogP contribution is 2.21. The molecule has 1 atom stereocenters. The molecule has 3 rings (SSSR count). The zero-order chi connectivity index (χ0) is 16.4. The Bertz CT molecular complexity index is 670. The molecule has 0 radical (unpaired) electrons. The molecule has 0 bridgehead atoms. The minimum absolute atomic E-state index is 0.0455. The lowest BCUT2D eigenvalue weighted by Gasteiger charge is -2.23. The molecular formula is C17H22N4O2. The monoisotopic (exact) mass is 314 g/mol. The zero-order valence-electron chi connectivity index (χ0n) is 13.7. The van der Waals surface area contributed by atoms with Gasteiger partial charge >= 0.3 is 0 Å². The van der Waals surface area contributed by atoms with Gasteiger partial charge in [0.2, 0.25) is 0 Å². The number of carbonyl (C=O) groups excluding carboxylic acids is 1. The van der Waals surface area contributed by atoms with Crippen molar-refractivity contribution in [3.05, 3.63) is 42.0 Å². The molecule has 6 heteroatoms. The summed E-state index contributed by atoms with van der Waals surface area (Å²) in [6.45, 7) is 6.72. The van der Waals surface area contributed by atoms with E-state index in [-0.39, 0.29) is 17.6 Å². The van der Waals surface area contributed by atoms with Crippen LogP contribution in [0.4, 0.5) is 0 Å². The molecule has 0 aromatic carbocycles. The van der Waals surface area contributed by atoms with E-state index in [1.54, 1.807) is 12.4 Å². The van der Waals surface area contributed by atoms with Gasteiger partial charge in [0.25, 0.3) is 5.91 Å². The number of nitrogens with one attached hydrogen (secondary N) is 1. The summed E-state index contributed by atoms with van der Waals surface area (Å²) in [5.74, 6) is 0.684. The summed E-state index contributed by atoms with van der Waals surface area (Å²) in [4.78, 5) is 16.2. The molecule has 1 aliphatic heterocycles. The molecule has 1 amide bonds. The first-order valence-electron chi connectivity index (χ1n) is 7.93. The van der Waals surface area contributed by atoms with Gasteiger partial charge in [-0.3, -0.25) is 14.5 Å². The van der Waals surface area contributed by atoms with Gasteiger partial charge in [-0.1, -0.05) is 6.92 Å². The van der Waals surface area contributed by atoms with Gasteiger partial charge in [0.1, 0.15) is 17.5 Å². The van der Waals surface area contributed by atoms with Crippen LogP contribution in [-0.2, 0) is 13.0 Å². The van der Waals surface area contributed by atoms with Crippen LogP contribution in [0.1, 0.15) is 43.4 Å². The highest BCUT2D eigenvalue weighted by Gasteiger charge is 2.28. The fraction of sp³-hybridized carbons (Fsp3) is 0.471. The first kappa shape index (κ1) is 15.5. The van der Waals surface area contributed by atoms with Gasteiger partial charge < -0.3 is 10.1 Å². The summed E-state index contributed by atoms with van der Waals surface area (Å²) in [5.41, 5.74) is 1.28. The third-order valence-corrected chi connectivity index (χ3v) is 4.20. The molecule has 0 saturated heterocycles. The Labute approximate surface area is 135 Å². The third kappa shape index (κ3) is 3.52. The Morgan fingerprint density at radius 2 is 2.17 bits per heavy atom. The Hall–Kier alpha value is -2.37. The number of rotatable bonds is 5. The lowest BCUT2D eigenvalue weighted by Crippen LogP contribution is -2.43. The molecule has 23 heavy (non-hydrogen) atoms. The standard InChI is InChI=1S/C17H22N4O2/c1-4-17(2,3)19-16(22)15-10-12-9-14(11-21(12)20-15)23-13-5-7-18-8-6-13/h5-8,10,14H,4,9,11H2,1-3H3,(H,19,22)/t14-/m0/s1. The fourth-order valence-corrected chi connectivity index (χ4v) is 2.53. The summed E-state index contributed by atoms with van der Waals surface area (Å²) in [7, 11) is 0. The predicted octanol–water partition coefficient (Wildman–Crippen LogP) is 2.20. The number of fused-ring (bicyclic) bond motifs is 1. The number of hydrogen-bond donors (Lipinski definition) is 1. The second-order valence-corrected chi connectivity index (χ2v) is 6.52. The van der Waals surface area contributed by atoms with Crippen LogP contribution in [-0.4, -0.2) is 32.3 Å². The normalized spacial score (nSPS) is 16.9. The van der Waals surface area contributed by atoms with E-state index in [4.69, 9.17) is 4.74 Å². The van der Waals surface area contributed by atoms with Crippen molar-refractivity contribution in [1.82, 2.24) is 20.1 Å². The maximum Gasteiger partial charge on any atom is 0.272 e. The fourth-order valence-electron chi connectivity index (χ4n) is 2.53. The van der Waals surface area contributed by atoms with Crippen LogP contribution in [0, 0.1) is 0 Å². The first-order valence-corrected chi connectivity index (χ1v) is 7.93. The van der Waals surface area contributed by atoms with Crippen LogP contribution in [0.5, 0.6) is 5.75 Å². The van der Waals surface area contributed by atoms with E-state index in [1.807, 2.05) is 36.7 Å². The largest absolute Gasteiger partial charge is 0.488 e. The average molecular weight is 314 g/mol. The van der Waals surface area contributed by atoms with Crippen LogP contribution in [0.3, 0.4) is 0 Å². The van der Waals surface area contributed by atoms with Crippen LogP contribution in [0.2, 0.25) is 0 Å². The van der Waals surface area contributed by atoms with Gasteiger partial charge in [0.15, 0.2) is 0 Å². The molecule has 1 aliphatic rings. The van der Waals surface area contributed by atoms with Gasteiger partial charge in [-0.05, 0) is 38.5 Å². The molecule has 0 saturated carbocycles. The quantitative estimate of drug-likeness (QED) is 0.918. The highest BCUT2D eigenvalue weighted by atomic mass is 16.5. The highest BCUT2D eigenvalue weighted by molar-refractivity contribution is 5.92. The summed E-state index contributed by atoms with van der Waals surface area (Å²) in [6, 6.07) is 5.54. The second-order valence-electron chi connectivity index (χ2n) is 6.52. The van der Waals surface area contributed by atoms with Crippen LogP contribution in [0.25, 0.3) is 0 Å². The van der Waals surface area contributed by atoms with E-state index >= 15 is 0 Å². The number of amides is 1. The van der Waals surface area contributed by atoms with Crippen molar-refractivity contribution in [3.8, 4) is 5.75 Å². The van der Waals surface area contributed by atoms with E-state index in [0.29, 0.717) is 12.2 Å². The summed E-state index contributed by atoms with van der Waals surface area (Å²) in [5, 5.41) is 7.42. The van der Waals surface area contributed by atoms with Crippen molar-refractivity contribution in [3.63, 3.8) is 0 Å².